The third-order valence-electron chi connectivity index (χ3n) is 3.67. The SMILES string of the molecule is CC(=O)N(CCC(=O)Nc1ccc(C)cc1C)c1ccccc1. The molecule has 1 N–H and O–H groups in total. The minimum Gasteiger partial charge on any atom is -0.326 e. The highest BCUT2D eigenvalue weighted by molar-refractivity contribution is 5.95. The first kappa shape index (κ1) is 16.7. The van der Waals surface area contributed by atoms with Gasteiger partial charge in [0.2, 0.25) is 11.8 Å². The van der Waals surface area contributed by atoms with Gasteiger partial charge in [-0.2, -0.15) is 0 Å². The van der Waals surface area contributed by atoms with E-state index < -0.39 is 0 Å². The molecule has 23 heavy (non-hydrogen) atoms. The molecule has 2 amide bonds. The summed E-state index contributed by atoms with van der Waals surface area (Å²) in [5.74, 6) is -0.172. The van der Waals surface area contributed by atoms with Crippen molar-refractivity contribution in [3.63, 3.8) is 0 Å². The average Bonchev–Trinajstić information content (AvgIpc) is 2.51. The van der Waals surface area contributed by atoms with E-state index in [1.165, 1.54) is 6.92 Å². The third-order valence-corrected chi connectivity index (χ3v) is 3.67. The summed E-state index contributed by atoms with van der Waals surface area (Å²) in [7, 11) is 0. The highest BCUT2D eigenvalue weighted by Crippen LogP contribution is 2.17. The van der Waals surface area contributed by atoms with Crippen molar-refractivity contribution in [1.82, 2.24) is 0 Å². The maximum absolute atomic E-state index is 12.2. The van der Waals surface area contributed by atoms with Crippen LogP contribution in [-0.2, 0) is 9.59 Å². The van der Waals surface area contributed by atoms with Crippen LogP contribution in [0.4, 0.5) is 11.4 Å². The molecule has 0 bridgehead atoms. The van der Waals surface area contributed by atoms with E-state index in [0.29, 0.717) is 6.54 Å². The van der Waals surface area contributed by atoms with Crippen LogP contribution in [0, 0.1) is 13.8 Å². The summed E-state index contributed by atoms with van der Waals surface area (Å²) in [6.45, 7) is 5.85. The van der Waals surface area contributed by atoms with Crippen LogP contribution in [0.25, 0.3) is 0 Å². The van der Waals surface area contributed by atoms with Crippen LogP contribution in [0.1, 0.15) is 24.5 Å². The normalized spacial score (nSPS) is 10.2. The Balaban J connectivity index is 1.98. The van der Waals surface area contributed by atoms with Crippen LogP contribution in [0.15, 0.2) is 48.5 Å². The Labute approximate surface area is 137 Å². The van der Waals surface area contributed by atoms with Crippen molar-refractivity contribution in [3.05, 3.63) is 59.7 Å². The summed E-state index contributed by atoms with van der Waals surface area (Å²) < 4.78 is 0. The molecule has 0 aliphatic rings. The Morgan fingerprint density at radius 1 is 1.04 bits per heavy atom. The van der Waals surface area contributed by atoms with E-state index >= 15 is 0 Å². The summed E-state index contributed by atoms with van der Waals surface area (Å²) in [6, 6.07) is 15.3. The number of anilines is 2. The number of aryl methyl sites for hydroxylation is 2. The fourth-order valence-corrected chi connectivity index (χ4v) is 2.46. The van der Waals surface area contributed by atoms with Gasteiger partial charge in [0.1, 0.15) is 0 Å². The fraction of sp³-hybridized carbons (Fsp3) is 0.263. The minimum absolute atomic E-state index is 0.0736. The molecule has 0 saturated carbocycles. The number of nitrogens with zero attached hydrogens (tertiary/aromatic N) is 1. The van der Waals surface area contributed by atoms with Crippen LogP contribution in [0.3, 0.4) is 0 Å². The predicted octanol–water partition coefficient (Wildman–Crippen LogP) is 3.69. The van der Waals surface area contributed by atoms with Gasteiger partial charge in [0.25, 0.3) is 0 Å². The second-order valence-corrected chi connectivity index (χ2v) is 5.62. The zero-order chi connectivity index (χ0) is 16.8. The summed E-state index contributed by atoms with van der Waals surface area (Å²) in [5, 5.41) is 2.91. The summed E-state index contributed by atoms with van der Waals surface area (Å²) in [6.07, 6.45) is 0.252. The molecule has 0 radical (unpaired) electrons. The van der Waals surface area contributed by atoms with E-state index in [-0.39, 0.29) is 18.2 Å². The van der Waals surface area contributed by atoms with Gasteiger partial charge in [-0.05, 0) is 37.6 Å². The molecule has 2 aromatic rings. The van der Waals surface area contributed by atoms with Gasteiger partial charge in [0, 0.05) is 31.3 Å². The Morgan fingerprint density at radius 2 is 1.74 bits per heavy atom. The van der Waals surface area contributed by atoms with Crippen LogP contribution >= 0.6 is 0 Å². The lowest BCUT2D eigenvalue weighted by atomic mass is 10.1. The molecule has 2 aromatic carbocycles. The second kappa shape index (κ2) is 7.58. The molecule has 0 heterocycles. The smallest absolute Gasteiger partial charge is 0.226 e. The topological polar surface area (TPSA) is 49.4 Å². The Morgan fingerprint density at radius 3 is 2.35 bits per heavy atom. The van der Waals surface area contributed by atoms with Crippen LogP contribution in [0.2, 0.25) is 0 Å². The molecule has 2 rings (SSSR count). The van der Waals surface area contributed by atoms with Crippen LogP contribution < -0.4 is 10.2 Å². The van der Waals surface area contributed by atoms with Gasteiger partial charge >= 0.3 is 0 Å². The van der Waals surface area contributed by atoms with Crippen molar-refractivity contribution >= 4 is 23.2 Å². The molecular weight excluding hydrogens is 288 g/mol. The quantitative estimate of drug-likeness (QED) is 0.915. The zero-order valence-electron chi connectivity index (χ0n) is 13.8. The molecule has 0 fully saturated rings. The van der Waals surface area contributed by atoms with Crippen LogP contribution in [0.5, 0.6) is 0 Å². The summed E-state index contributed by atoms with van der Waals surface area (Å²) in [5.41, 5.74) is 3.81. The molecule has 0 aromatic heterocycles. The van der Waals surface area contributed by atoms with Crippen molar-refractivity contribution in [2.24, 2.45) is 0 Å². The van der Waals surface area contributed by atoms with Gasteiger partial charge in [-0.15, -0.1) is 0 Å². The molecule has 0 unspecified atom stereocenters. The molecule has 120 valence electrons. The molecule has 4 heteroatoms. The van der Waals surface area contributed by atoms with Gasteiger partial charge in [0.05, 0.1) is 0 Å². The van der Waals surface area contributed by atoms with Crippen molar-refractivity contribution in [3.8, 4) is 0 Å². The summed E-state index contributed by atoms with van der Waals surface area (Å²) in [4.78, 5) is 25.6. The van der Waals surface area contributed by atoms with E-state index in [1.807, 2.05) is 62.4 Å². The van der Waals surface area contributed by atoms with E-state index in [1.54, 1.807) is 4.90 Å². The van der Waals surface area contributed by atoms with Crippen LogP contribution in [-0.4, -0.2) is 18.4 Å². The first-order valence-electron chi connectivity index (χ1n) is 7.67. The van der Waals surface area contributed by atoms with Gasteiger partial charge in [-0.25, -0.2) is 0 Å². The molecule has 4 nitrogen and oxygen atoms in total. The Kier molecular flexibility index (Phi) is 5.52. The lowest BCUT2D eigenvalue weighted by Gasteiger charge is -2.21. The number of nitrogens with one attached hydrogen (secondary N) is 1. The minimum atomic E-state index is -0.0980. The molecule has 0 aliphatic heterocycles. The van der Waals surface area contributed by atoms with Gasteiger partial charge < -0.3 is 10.2 Å². The molecule has 0 aliphatic carbocycles. The molecule has 0 spiro atoms. The van der Waals surface area contributed by atoms with Crippen molar-refractivity contribution in [1.29, 1.82) is 0 Å². The first-order valence-corrected chi connectivity index (χ1v) is 7.67. The first-order chi connectivity index (χ1) is 11.0. The van der Waals surface area contributed by atoms with Gasteiger partial charge in [-0.1, -0.05) is 35.9 Å². The number of carbonyl (C=O) groups is 2. The number of rotatable bonds is 5. The molecule has 0 atom stereocenters. The van der Waals surface area contributed by atoms with Gasteiger partial charge in [-0.3, -0.25) is 9.59 Å². The number of benzene rings is 2. The maximum Gasteiger partial charge on any atom is 0.226 e. The number of carbonyl (C=O) groups excluding carboxylic acids is 2. The largest absolute Gasteiger partial charge is 0.326 e. The lowest BCUT2D eigenvalue weighted by Crippen LogP contribution is -2.31. The summed E-state index contributed by atoms with van der Waals surface area (Å²) >= 11 is 0. The monoisotopic (exact) mass is 310 g/mol. The third kappa shape index (κ3) is 4.68. The number of hydrogen-bond acceptors (Lipinski definition) is 2. The van der Waals surface area contributed by atoms with Gasteiger partial charge in [0.15, 0.2) is 0 Å². The average molecular weight is 310 g/mol. The van der Waals surface area contributed by atoms with E-state index in [2.05, 4.69) is 5.32 Å². The number of amides is 2. The zero-order valence-corrected chi connectivity index (χ0v) is 13.8. The van der Waals surface area contributed by atoms with E-state index in [0.717, 1.165) is 22.5 Å². The predicted molar refractivity (Wildman–Crippen MR) is 93.6 cm³/mol. The molecule has 0 saturated heterocycles. The highest BCUT2D eigenvalue weighted by atomic mass is 16.2. The van der Waals surface area contributed by atoms with Crippen molar-refractivity contribution in [2.45, 2.75) is 27.2 Å². The van der Waals surface area contributed by atoms with E-state index in [9.17, 15) is 9.59 Å². The number of hydrogen-bond donors (Lipinski definition) is 1. The second-order valence-electron chi connectivity index (χ2n) is 5.62. The maximum atomic E-state index is 12.2. The van der Waals surface area contributed by atoms with Crippen molar-refractivity contribution in [2.75, 3.05) is 16.8 Å². The Hall–Kier alpha value is -2.62. The standard InChI is InChI=1S/C19H22N2O2/c1-14-9-10-18(15(2)13-14)20-19(23)11-12-21(16(3)22)17-7-5-4-6-8-17/h4-10,13H,11-12H2,1-3H3,(H,20,23). The highest BCUT2D eigenvalue weighted by Gasteiger charge is 2.13. The fourth-order valence-electron chi connectivity index (χ4n) is 2.46. The molecular formula is C19H22N2O2. The van der Waals surface area contributed by atoms with E-state index in [4.69, 9.17) is 0 Å². The Bertz CT molecular complexity index is 696. The lowest BCUT2D eigenvalue weighted by molar-refractivity contribution is -0.117. The number of para-hydroxylation sites is 1. The van der Waals surface area contributed by atoms with Crippen molar-refractivity contribution < 1.29 is 9.59 Å².